The summed E-state index contributed by atoms with van der Waals surface area (Å²) in [5.74, 6) is 0.680. The Hall–Kier alpha value is -0.600. The summed E-state index contributed by atoms with van der Waals surface area (Å²) in [4.78, 5) is 0. The lowest BCUT2D eigenvalue weighted by molar-refractivity contribution is 0.101. The van der Waals surface area contributed by atoms with Gasteiger partial charge in [-0.05, 0) is 58.3 Å². The lowest BCUT2D eigenvalue weighted by Crippen LogP contribution is -2.19. The SMILES string of the molecule is CC(=CCC/C(C)=C/CO)CC1CCCC(O)C1. The van der Waals surface area contributed by atoms with Gasteiger partial charge in [-0.15, -0.1) is 0 Å². The van der Waals surface area contributed by atoms with Gasteiger partial charge in [0.15, 0.2) is 0 Å². The number of aliphatic hydroxyl groups is 2. The van der Waals surface area contributed by atoms with Crippen LogP contribution in [-0.4, -0.2) is 22.9 Å². The summed E-state index contributed by atoms with van der Waals surface area (Å²) < 4.78 is 0. The predicted molar refractivity (Wildman–Crippen MR) is 76.4 cm³/mol. The highest BCUT2D eigenvalue weighted by Crippen LogP contribution is 2.29. The Bertz CT molecular complexity index is 291. The van der Waals surface area contributed by atoms with E-state index < -0.39 is 0 Å². The van der Waals surface area contributed by atoms with Gasteiger partial charge in [0.05, 0.1) is 12.7 Å². The third kappa shape index (κ3) is 6.36. The third-order valence-electron chi connectivity index (χ3n) is 3.84. The molecule has 0 heterocycles. The number of hydrogen-bond donors (Lipinski definition) is 2. The van der Waals surface area contributed by atoms with Crippen molar-refractivity contribution in [2.24, 2.45) is 5.92 Å². The fraction of sp³-hybridized carbons (Fsp3) is 0.750. The van der Waals surface area contributed by atoms with E-state index in [4.69, 9.17) is 5.11 Å². The van der Waals surface area contributed by atoms with Gasteiger partial charge in [-0.3, -0.25) is 0 Å². The summed E-state index contributed by atoms with van der Waals surface area (Å²) in [6, 6.07) is 0. The summed E-state index contributed by atoms with van der Waals surface area (Å²) in [5.41, 5.74) is 2.71. The Kier molecular flexibility index (Phi) is 7.29. The second-order valence-electron chi connectivity index (χ2n) is 5.71. The van der Waals surface area contributed by atoms with Gasteiger partial charge >= 0.3 is 0 Å². The smallest absolute Gasteiger partial charge is 0.0614 e. The van der Waals surface area contributed by atoms with Gasteiger partial charge in [-0.25, -0.2) is 0 Å². The number of rotatable bonds is 6. The highest BCUT2D eigenvalue weighted by Gasteiger charge is 2.19. The van der Waals surface area contributed by atoms with E-state index in [-0.39, 0.29) is 12.7 Å². The molecule has 0 bridgehead atoms. The van der Waals surface area contributed by atoms with Crippen molar-refractivity contribution in [3.05, 3.63) is 23.3 Å². The number of allylic oxidation sites excluding steroid dienone is 3. The first-order valence-corrected chi connectivity index (χ1v) is 7.22. The van der Waals surface area contributed by atoms with Crippen LogP contribution in [0.15, 0.2) is 23.3 Å². The average Bonchev–Trinajstić information content (AvgIpc) is 2.29. The largest absolute Gasteiger partial charge is 0.393 e. The molecule has 0 saturated heterocycles. The second kappa shape index (κ2) is 8.49. The van der Waals surface area contributed by atoms with Crippen molar-refractivity contribution in [2.75, 3.05) is 6.61 Å². The van der Waals surface area contributed by atoms with Crippen LogP contribution in [0.4, 0.5) is 0 Å². The maximum absolute atomic E-state index is 9.65. The molecule has 1 fully saturated rings. The molecule has 0 amide bonds. The molecule has 0 aromatic rings. The molecule has 2 heteroatoms. The second-order valence-corrected chi connectivity index (χ2v) is 5.71. The van der Waals surface area contributed by atoms with Crippen molar-refractivity contribution < 1.29 is 10.2 Å². The summed E-state index contributed by atoms with van der Waals surface area (Å²) in [5, 5.41) is 18.4. The van der Waals surface area contributed by atoms with Gasteiger partial charge in [-0.1, -0.05) is 29.7 Å². The Labute approximate surface area is 111 Å². The Morgan fingerprint density at radius 3 is 2.61 bits per heavy atom. The van der Waals surface area contributed by atoms with Crippen LogP contribution in [0.3, 0.4) is 0 Å². The van der Waals surface area contributed by atoms with Crippen LogP contribution in [0.25, 0.3) is 0 Å². The summed E-state index contributed by atoms with van der Waals surface area (Å²) in [6.07, 6.45) is 11.8. The minimum atomic E-state index is -0.0636. The Morgan fingerprint density at radius 2 is 1.94 bits per heavy atom. The highest BCUT2D eigenvalue weighted by atomic mass is 16.3. The van der Waals surface area contributed by atoms with Crippen LogP contribution in [0.2, 0.25) is 0 Å². The molecule has 2 atom stereocenters. The zero-order chi connectivity index (χ0) is 13.4. The molecule has 1 aliphatic carbocycles. The van der Waals surface area contributed by atoms with E-state index >= 15 is 0 Å². The van der Waals surface area contributed by atoms with Gasteiger partial charge < -0.3 is 10.2 Å². The molecule has 0 radical (unpaired) electrons. The maximum atomic E-state index is 9.65. The zero-order valence-electron chi connectivity index (χ0n) is 11.9. The summed E-state index contributed by atoms with van der Waals surface area (Å²) >= 11 is 0. The van der Waals surface area contributed by atoms with E-state index in [0.717, 1.165) is 32.1 Å². The maximum Gasteiger partial charge on any atom is 0.0614 e. The van der Waals surface area contributed by atoms with Gasteiger partial charge in [0.1, 0.15) is 0 Å². The van der Waals surface area contributed by atoms with Crippen LogP contribution in [0.1, 0.15) is 58.8 Å². The molecule has 0 spiro atoms. The highest BCUT2D eigenvalue weighted by molar-refractivity contribution is 5.04. The van der Waals surface area contributed by atoms with Crippen molar-refractivity contribution in [1.29, 1.82) is 0 Å². The molecular formula is C16H28O2. The molecule has 0 aromatic heterocycles. The van der Waals surface area contributed by atoms with Crippen molar-refractivity contribution >= 4 is 0 Å². The lowest BCUT2D eigenvalue weighted by atomic mass is 9.83. The summed E-state index contributed by atoms with van der Waals surface area (Å²) in [6.45, 7) is 4.41. The fourth-order valence-corrected chi connectivity index (χ4v) is 2.79. The molecule has 0 aliphatic heterocycles. The van der Waals surface area contributed by atoms with Crippen LogP contribution in [0, 0.1) is 5.92 Å². The lowest BCUT2D eigenvalue weighted by Gasteiger charge is -2.26. The minimum absolute atomic E-state index is 0.0636. The Balaban J connectivity index is 2.26. The number of aliphatic hydroxyl groups excluding tert-OH is 2. The molecule has 2 nitrogen and oxygen atoms in total. The Morgan fingerprint density at radius 1 is 1.17 bits per heavy atom. The first-order valence-electron chi connectivity index (χ1n) is 7.22. The van der Waals surface area contributed by atoms with Crippen LogP contribution in [-0.2, 0) is 0 Å². The number of hydrogen-bond acceptors (Lipinski definition) is 2. The minimum Gasteiger partial charge on any atom is -0.393 e. The molecule has 1 saturated carbocycles. The zero-order valence-corrected chi connectivity index (χ0v) is 11.9. The first-order chi connectivity index (χ1) is 8.61. The molecule has 0 aromatic carbocycles. The van der Waals surface area contributed by atoms with Crippen LogP contribution < -0.4 is 0 Å². The van der Waals surface area contributed by atoms with E-state index in [2.05, 4.69) is 19.9 Å². The van der Waals surface area contributed by atoms with Gasteiger partial charge in [0.25, 0.3) is 0 Å². The quantitative estimate of drug-likeness (QED) is 0.709. The van der Waals surface area contributed by atoms with Crippen molar-refractivity contribution in [2.45, 2.75) is 64.9 Å². The van der Waals surface area contributed by atoms with Crippen molar-refractivity contribution in [1.82, 2.24) is 0 Å². The van der Waals surface area contributed by atoms with Crippen LogP contribution >= 0.6 is 0 Å². The van der Waals surface area contributed by atoms with Gasteiger partial charge in [0, 0.05) is 0 Å². The summed E-state index contributed by atoms with van der Waals surface area (Å²) in [7, 11) is 0. The molecule has 104 valence electrons. The molecule has 2 N–H and O–H groups in total. The third-order valence-corrected chi connectivity index (χ3v) is 3.84. The standard InChI is InChI=1S/C16H28O2/c1-13(9-10-17)5-3-6-14(2)11-15-7-4-8-16(18)12-15/h6,9,15-18H,3-5,7-8,10-12H2,1-2H3/b13-9+,14-6?. The van der Waals surface area contributed by atoms with Crippen molar-refractivity contribution in [3.63, 3.8) is 0 Å². The molecule has 2 unspecified atom stereocenters. The van der Waals surface area contributed by atoms with E-state index in [1.54, 1.807) is 0 Å². The molecular weight excluding hydrogens is 224 g/mol. The predicted octanol–water partition coefficient (Wildman–Crippen LogP) is 3.59. The molecule has 1 aliphatic rings. The molecule has 1 rings (SSSR count). The average molecular weight is 252 g/mol. The normalized spacial score (nSPS) is 26.4. The monoisotopic (exact) mass is 252 g/mol. The topological polar surface area (TPSA) is 40.5 Å². The van der Waals surface area contributed by atoms with Gasteiger partial charge in [0.2, 0.25) is 0 Å². The van der Waals surface area contributed by atoms with Crippen LogP contribution in [0.5, 0.6) is 0 Å². The first kappa shape index (κ1) is 15.5. The van der Waals surface area contributed by atoms with E-state index in [1.165, 1.54) is 24.0 Å². The van der Waals surface area contributed by atoms with E-state index in [0.29, 0.717) is 5.92 Å². The van der Waals surface area contributed by atoms with E-state index in [1.807, 2.05) is 6.08 Å². The molecule has 18 heavy (non-hydrogen) atoms. The van der Waals surface area contributed by atoms with Gasteiger partial charge in [-0.2, -0.15) is 0 Å². The fourth-order valence-electron chi connectivity index (χ4n) is 2.79. The van der Waals surface area contributed by atoms with E-state index in [9.17, 15) is 5.11 Å². The van der Waals surface area contributed by atoms with Crippen molar-refractivity contribution in [3.8, 4) is 0 Å².